The first-order valence-electron chi connectivity index (χ1n) is 12.9. The van der Waals surface area contributed by atoms with Crippen molar-refractivity contribution in [1.82, 2.24) is 15.2 Å². The van der Waals surface area contributed by atoms with Gasteiger partial charge in [0.05, 0.1) is 21.8 Å². The number of anilines is 1. The average molecular weight is 602 g/mol. The second-order valence-electron chi connectivity index (χ2n) is 10.6. The van der Waals surface area contributed by atoms with Crippen molar-refractivity contribution in [2.45, 2.75) is 50.4 Å². The molecule has 2 aromatic carbocycles. The number of benzene rings is 2. The van der Waals surface area contributed by atoms with Gasteiger partial charge in [0, 0.05) is 57.9 Å². The van der Waals surface area contributed by atoms with Gasteiger partial charge in [0.2, 0.25) is 0 Å². The summed E-state index contributed by atoms with van der Waals surface area (Å²) >= 11 is 12.1. The fourth-order valence-corrected chi connectivity index (χ4v) is 7.45. The van der Waals surface area contributed by atoms with Gasteiger partial charge in [-0.15, -0.1) is 0 Å². The Morgan fingerprint density at radius 2 is 1.70 bits per heavy atom. The summed E-state index contributed by atoms with van der Waals surface area (Å²) in [7, 11) is -3.77. The zero-order valence-corrected chi connectivity index (χ0v) is 24.9. The van der Waals surface area contributed by atoms with Crippen LogP contribution in [0.2, 0.25) is 10.0 Å². The van der Waals surface area contributed by atoms with Gasteiger partial charge in [-0.3, -0.25) is 9.59 Å². The van der Waals surface area contributed by atoms with Crippen LogP contribution < -0.4 is 10.6 Å². The molecule has 8 nitrogen and oxygen atoms in total. The summed E-state index contributed by atoms with van der Waals surface area (Å²) in [6.45, 7) is 9.01. The van der Waals surface area contributed by atoms with Gasteiger partial charge in [0.1, 0.15) is 0 Å². The normalized spacial score (nSPS) is 20.1. The summed E-state index contributed by atoms with van der Waals surface area (Å²) in [5, 5.41) is 6.94. The van der Waals surface area contributed by atoms with Crippen molar-refractivity contribution >= 4 is 62.2 Å². The number of aromatic amines is 1. The summed E-state index contributed by atoms with van der Waals surface area (Å²) < 4.78 is 26.6. The third kappa shape index (κ3) is 5.56. The van der Waals surface area contributed by atoms with Crippen LogP contribution in [0.1, 0.15) is 52.3 Å². The van der Waals surface area contributed by atoms with Crippen LogP contribution in [-0.4, -0.2) is 55.3 Å². The van der Waals surface area contributed by atoms with Crippen LogP contribution in [0.4, 0.5) is 5.69 Å². The summed E-state index contributed by atoms with van der Waals surface area (Å²) in [6, 6.07) is 9.60. The number of fused-ring (bicyclic) bond motifs is 1. The molecule has 0 unspecified atom stereocenters. The van der Waals surface area contributed by atoms with Crippen LogP contribution in [0.5, 0.6) is 0 Å². The van der Waals surface area contributed by atoms with Crippen molar-refractivity contribution in [3.05, 3.63) is 80.1 Å². The quantitative estimate of drug-likeness (QED) is 0.347. The standard InChI is InChI=1S/C29H30Cl2N4O4S/c1-15-12-35(13-16(2)32-15)29(37)27-17(3)26(33-18(27)4)11-24-23-10-22(5-6-25(23)34-28(24)36)40(38,39)14-19-7-20(30)9-21(31)8-19/h5-11,15-16,32-33H,12-14H2,1-4H3,(H,34,36)/t15-,16+. The summed E-state index contributed by atoms with van der Waals surface area (Å²) in [5.74, 6) is -0.701. The molecule has 0 radical (unpaired) electrons. The SMILES string of the molecule is Cc1[nH]c(C=C2C(=O)Nc3ccc(S(=O)(=O)Cc4cc(Cl)cc(Cl)c4)cc32)c(C)c1C(=O)N1C[C@@H](C)N[C@@H](C)C1. The number of halogens is 2. The average Bonchev–Trinajstić information content (AvgIpc) is 3.31. The molecule has 40 heavy (non-hydrogen) atoms. The van der Waals surface area contributed by atoms with Crippen molar-refractivity contribution in [3.8, 4) is 0 Å². The van der Waals surface area contributed by atoms with Gasteiger partial charge in [-0.1, -0.05) is 23.2 Å². The fraction of sp³-hybridized carbons (Fsp3) is 0.310. The number of aromatic nitrogens is 1. The molecule has 210 valence electrons. The van der Waals surface area contributed by atoms with Crippen LogP contribution in [0.3, 0.4) is 0 Å². The number of amides is 2. The number of carbonyl (C=O) groups excluding carboxylic acids is 2. The monoisotopic (exact) mass is 600 g/mol. The Kier molecular flexibility index (Phi) is 7.60. The fourth-order valence-electron chi connectivity index (χ4n) is 5.54. The van der Waals surface area contributed by atoms with E-state index in [4.69, 9.17) is 23.2 Å². The minimum Gasteiger partial charge on any atom is -0.358 e. The highest BCUT2D eigenvalue weighted by atomic mass is 35.5. The lowest BCUT2D eigenvalue weighted by atomic mass is 10.0. The molecule has 0 spiro atoms. The first-order valence-corrected chi connectivity index (χ1v) is 15.3. The zero-order valence-electron chi connectivity index (χ0n) is 22.6. The lowest BCUT2D eigenvalue weighted by molar-refractivity contribution is -0.110. The summed E-state index contributed by atoms with van der Waals surface area (Å²) in [4.78, 5) is 31.6. The van der Waals surface area contributed by atoms with Crippen LogP contribution in [0.25, 0.3) is 11.6 Å². The van der Waals surface area contributed by atoms with E-state index in [1.54, 1.807) is 24.3 Å². The van der Waals surface area contributed by atoms with E-state index in [9.17, 15) is 18.0 Å². The maximum atomic E-state index is 13.5. The minimum absolute atomic E-state index is 0.0538. The van der Waals surface area contributed by atoms with Gasteiger partial charge >= 0.3 is 0 Å². The number of H-pyrrole nitrogens is 1. The molecular formula is C29H30Cl2N4O4S. The molecule has 2 aliphatic heterocycles. The van der Waals surface area contributed by atoms with Gasteiger partial charge in [-0.25, -0.2) is 8.42 Å². The molecule has 1 saturated heterocycles. The van der Waals surface area contributed by atoms with E-state index in [0.29, 0.717) is 62.5 Å². The molecule has 0 bridgehead atoms. The molecule has 0 aliphatic carbocycles. The zero-order chi connectivity index (χ0) is 28.9. The lowest BCUT2D eigenvalue weighted by Gasteiger charge is -2.36. The Hall–Kier alpha value is -3.11. The van der Waals surface area contributed by atoms with E-state index in [1.807, 2.05) is 18.7 Å². The lowest BCUT2D eigenvalue weighted by Crippen LogP contribution is -2.55. The van der Waals surface area contributed by atoms with Gasteiger partial charge in [0.25, 0.3) is 11.8 Å². The molecule has 11 heteroatoms. The van der Waals surface area contributed by atoms with E-state index in [0.717, 1.165) is 5.56 Å². The number of nitrogens with zero attached hydrogens (tertiary/aromatic N) is 1. The molecule has 2 amide bonds. The molecule has 5 rings (SSSR count). The number of sulfone groups is 1. The molecule has 3 N–H and O–H groups in total. The number of aryl methyl sites for hydroxylation is 1. The van der Waals surface area contributed by atoms with Crippen LogP contribution in [0.15, 0.2) is 41.3 Å². The topological polar surface area (TPSA) is 111 Å². The first kappa shape index (κ1) is 28.4. The van der Waals surface area contributed by atoms with E-state index >= 15 is 0 Å². The molecule has 1 aromatic heterocycles. The van der Waals surface area contributed by atoms with Crippen LogP contribution in [0, 0.1) is 13.8 Å². The van der Waals surface area contributed by atoms with Crippen molar-refractivity contribution in [3.63, 3.8) is 0 Å². The van der Waals surface area contributed by atoms with Gasteiger partial charge < -0.3 is 20.5 Å². The highest BCUT2D eigenvalue weighted by Gasteiger charge is 2.31. The van der Waals surface area contributed by atoms with Crippen molar-refractivity contribution in [2.24, 2.45) is 0 Å². The van der Waals surface area contributed by atoms with Crippen molar-refractivity contribution in [1.29, 1.82) is 0 Å². The van der Waals surface area contributed by atoms with Gasteiger partial charge in [0.15, 0.2) is 9.84 Å². The van der Waals surface area contributed by atoms with Crippen LogP contribution in [-0.2, 0) is 20.4 Å². The van der Waals surface area contributed by atoms with Crippen molar-refractivity contribution in [2.75, 3.05) is 18.4 Å². The maximum absolute atomic E-state index is 13.5. The Labute approximate surface area is 243 Å². The molecule has 0 saturated carbocycles. The largest absolute Gasteiger partial charge is 0.358 e. The smallest absolute Gasteiger partial charge is 0.256 e. The summed E-state index contributed by atoms with van der Waals surface area (Å²) in [6.07, 6.45) is 1.68. The van der Waals surface area contributed by atoms with E-state index in [2.05, 4.69) is 29.5 Å². The predicted octanol–water partition coefficient (Wildman–Crippen LogP) is 5.23. The third-order valence-corrected chi connectivity index (χ3v) is 9.36. The third-order valence-electron chi connectivity index (χ3n) is 7.24. The predicted molar refractivity (Wildman–Crippen MR) is 159 cm³/mol. The molecule has 1 fully saturated rings. The Morgan fingerprint density at radius 1 is 1.05 bits per heavy atom. The second-order valence-corrected chi connectivity index (χ2v) is 13.5. The molecular weight excluding hydrogens is 571 g/mol. The molecule has 3 aromatic rings. The number of carbonyl (C=O) groups is 2. The van der Waals surface area contributed by atoms with Gasteiger partial charge in [-0.2, -0.15) is 0 Å². The summed E-state index contributed by atoms with van der Waals surface area (Å²) in [5.41, 5.74) is 4.42. The molecule has 2 atom stereocenters. The number of hydrogen-bond acceptors (Lipinski definition) is 5. The highest BCUT2D eigenvalue weighted by molar-refractivity contribution is 7.90. The van der Waals surface area contributed by atoms with E-state index < -0.39 is 9.84 Å². The molecule has 3 heterocycles. The van der Waals surface area contributed by atoms with E-state index in [1.165, 1.54) is 18.2 Å². The number of nitrogens with one attached hydrogen (secondary N) is 3. The Bertz CT molecular complexity index is 1650. The Balaban J connectivity index is 1.48. The number of rotatable bonds is 5. The van der Waals surface area contributed by atoms with Gasteiger partial charge in [-0.05, 0) is 81.3 Å². The minimum atomic E-state index is -3.77. The van der Waals surface area contributed by atoms with Crippen LogP contribution >= 0.6 is 23.2 Å². The first-order chi connectivity index (χ1) is 18.8. The van der Waals surface area contributed by atoms with Crippen molar-refractivity contribution < 1.29 is 18.0 Å². The van der Waals surface area contributed by atoms with E-state index in [-0.39, 0.29) is 34.5 Å². The molecule has 2 aliphatic rings. The maximum Gasteiger partial charge on any atom is 0.256 e. The number of piperazine rings is 1. The second kappa shape index (κ2) is 10.7. The Morgan fingerprint density at radius 3 is 2.35 bits per heavy atom. The number of hydrogen-bond donors (Lipinski definition) is 3. The highest BCUT2D eigenvalue weighted by Crippen LogP contribution is 2.36.